The molecule has 1 heteroatoms. The molecule has 0 atom stereocenters. The van der Waals surface area contributed by atoms with Crippen molar-refractivity contribution in [2.24, 2.45) is 0 Å². The summed E-state index contributed by atoms with van der Waals surface area (Å²) in [5.74, 6) is 0. The van der Waals surface area contributed by atoms with Crippen molar-refractivity contribution >= 4 is 65.2 Å². The number of aryl methyl sites for hydroxylation is 1. The molecule has 0 N–H and O–H groups in total. The summed E-state index contributed by atoms with van der Waals surface area (Å²) < 4.78 is 0. The molecule has 9 aromatic rings. The van der Waals surface area contributed by atoms with Gasteiger partial charge in [-0.05, 0) is 94.8 Å². The second kappa shape index (κ2) is 7.26. The summed E-state index contributed by atoms with van der Waals surface area (Å²) >= 11 is 1.94. The molecule has 0 saturated carbocycles. The van der Waals surface area contributed by atoms with Crippen molar-refractivity contribution in [2.45, 2.75) is 6.92 Å². The Morgan fingerprint density at radius 2 is 1.00 bits per heavy atom. The van der Waals surface area contributed by atoms with Crippen LogP contribution in [-0.2, 0) is 0 Å². The third-order valence-corrected chi connectivity index (χ3v) is 11.2. The lowest BCUT2D eigenvalue weighted by atomic mass is 9.83. The first-order chi connectivity index (χ1) is 20.8. The van der Waals surface area contributed by atoms with Gasteiger partial charge < -0.3 is 0 Å². The van der Waals surface area contributed by atoms with Gasteiger partial charge in [0.2, 0.25) is 0 Å². The van der Waals surface area contributed by atoms with Crippen molar-refractivity contribution in [2.75, 3.05) is 0 Å². The molecule has 11 rings (SSSR count). The fourth-order valence-corrected chi connectivity index (χ4v) is 9.45. The fraction of sp³-hybridized carbons (Fsp3) is 0.0244. The molecule has 192 valence electrons. The van der Waals surface area contributed by atoms with Gasteiger partial charge in [-0.2, -0.15) is 0 Å². The summed E-state index contributed by atoms with van der Waals surface area (Å²) in [4.78, 5) is 2.75. The predicted molar refractivity (Wildman–Crippen MR) is 182 cm³/mol. The normalized spacial score (nSPS) is 12.9. The topological polar surface area (TPSA) is 0 Å². The molecule has 0 saturated heterocycles. The van der Waals surface area contributed by atoms with Crippen molar-refractivity contribution in [3.05, 3.63) is 121 Å². The summed E-state index contributed by atoms with van der Waals surface area (Å²) in [5.41, 5.74) is 12.2. The van der Waals surface area contributed by atoms with Crippen LogP contribution in [0.2, 0.25) is 0 Å². The molecule has 0 spiro atoms. The number of hydrogen-bond donors (Lipinski definition) is 0. The highest BCUT2D eigenvalue weighted by molar-refractivity contribution is 7.19. The summed E-state index contributed by atoms with van der Waals surface area (Å²) in [7, 11) is 0. The molecule has 0 bridgehead atoms. The van der Waals surface area contributed by atoms with Gasteiger partial charge in [-0.1, -0.05) is 115 Å². The molecule has 1 heterocycles. The Morgan fingerprint density at radius 1 is 0.405 bits per heavy atom. The summed E-state index contributed by atoms with van der Waals surface area (Å²) in [6.45, 7) is 2.16. The zero-order valence-electron chi connectivity index (χ0n) is 22.9. The lowest BCUT2D eigenvalue weighted by molar-refractivity contribution is 1.48. The van der Waals surface area contributed by atoms with Gasteiger partial charge in [0.25, 0.3) is 0 Å². The first kappa shape index (κ1) is 21.7. The maximum Gasteiger partial charge on any atom is 0.0434 e. The quantitative estimate of drug-likeness (QED) is 0.142. The number of benzene rings is 8. The van der Waals surface area contributed by atoms with Gasteiger partial charge in [-0.25, -0.2) is 0 Å². The lowest BCUT2D eigenvalue weighted by Crippen LogP contribution is -1.91. The van der Waals surface area contributed by atoms with Crippen LogP contribution in [0.15, 0.2) is 115 Å². The zero-order valence-corrected chi connectivity index (χ0v) is 23.7. The Labute approximate surface area is 246 Å². The van der Waals surface area contributed by atoms with Crippen LogP contribution >= 0.6 is 11.3 Å². The first-order valence-corrected chi connectivity index (χ1v) is 15.5. The van der Waals surface area contributed by atoms with E-state index in [1.54, 1.807) is 0 Å². The van der Waals surface area contributed by atoms with E-state index in [4.69, 9.17) is 0 Å². The van der Waals surface area contributed by atoms with Crippen LogP contribution in [0.4, 0.5) is 0 Å². The van der Waals surface area contributed by atoms with Crippen LogP contribution in [0, 0.1) is 6.92 Å². The van der Waals surface area contributed by atoms with Crippen molar-refractivity contribution in [3.8, 4) is 54.3 Å². The minimum atomic E-state index is 1.30. The second-order valence-corrected chi connectivity index (χ2v) is 13.1. The molecule has 1 aromatic heterocycles. The van der Waals surface area contributed by atoms with Gasteiger partial charge in [-0.3, -0.25) is 0 Å². The van der Waals surface area contributed by atoms with Crippen molar-refractivity contribution in [1.82, 2.24) is 0 Å². The maximum atomic E-state index is 2.45. The predicted octanol–water partition coefficient (Wildman–Crippen LogP) is 12.2. The summed E-state index contributed by atoms with van der Waals surface area (Å²) in [5, 5.41) is 13.9. The average Bonchev–Trinajstić information content (AvgIpc) is 3.70. The van der Waals surface area contributed by atoms with E-state index in [1.165, 1.54) is 114 Å². The van der Waals surface area contributed by atoms with Gasteiger partial charge in [0.05, 0.1) is 0 Å². The van der Waals surface area contributed by atoms with E-state index < -0.39 is 0 Å². The van der Waals surface area contributed by atoms with Crippen LogP contribution in [-0.4, -0.2) is 0 Å². The zero-order chi connectivity index (χ0) is 27.3. The monoisotopic (exact) mass is 546 g/mol. The third kappa shape index (κ3) is 2.40. The van der Waals surface area contributed by atoms with E-state index >= 15 is 0 Å². The average molecular weight is 547 g/mol. The molecule has 0 amide bonds. The van der Waals surface area contributed by atoms with E-state index in [0.29, 0.717) is 0 Å². The smallest absolute Gasteiger partial charge is 0.0434 e. The van der Waals surface area contributed by atoms with Crippen molar-refractivity contribution < 1.29 is 0 Å². The highest BCUT2D eigenvalue weighted by Gasteiger charge is 2.31. The molecule has 0 aliphatic heterocycles. The number of fused-ring (bicyclic) bond motifs is 11. The van der Waals surface area contributed by atoms with Crippen LogP contribution in [0.25, 0.3) is 108 Å². The minimum Gasteiger partial charge on any atom is -0.135 e. The Bertz CT molecular complexity index is 2640. The number of thiophene rings is 1. The highest BCUT2D eigenvalue weighted by atomic mass is 32.1. The molecule has 2 aliphatic carbocycles. The highest BCUT2D eigenvalue weighted by Crippen LogP contribution is 2.60. The second-order valence-electron chi connectivity index (χ2n) is 12.0. The Balaban J connectivity index is 1.33. The summed E-state index contributed by atoms with van der Waals surface area (Å²) in [6, 6.07) is 43.8. The van der Waals surface area contributed by atoms with Gasteiger partial charge in [-0.15, -0.1) is 11.3 Å². The van der Waals surface area contributed by atoms with E-state index in [9.17, 15) is 0 Å². The lowest BCUT2D eigenvalue weighted by Gasteiger charge is -2.19. The van der Waals surface area contributed by atoms with E-state index in [2.05, 4.69) is 122 Å². The largest absolute Gasteiger partial charge is 0.135 e. The van der Waals surface area contributed by atoms with Crippen molar-refractivity contribution in [3.63, 3.8) is 0 Å². The molecular weight excluding hydrogens is 525 g/mol. The van der Waals surface area contributed by atoms with E-state index in [-0.39, 0.29) is 0 Å². The molecular formula is C41H22S. The Morgan fingerprint density at radius 3 is 1.76 bits per heavy atom. The van der Waals surface area contributed by atoms with Gasteiger partial charge in [0, 0.05) is 26.3 Å². The van der Waals surface area contributed by atoms with Gasteiger partial charge in [0.15, 0.2) is 0 Å². The van der Waals surface area contributed by atoms with E-state index in [1.807, 2.05) is 11.3 Å². The maximum absolute atomic E-state index is 2.45. The molecule has 0 unspecified atom stereocenters. The molecule has 8 aromatic carbocycles. The van der Waals surface area contributed by atoms with Crippen LogP contribution < -0.4 is 0 Å². The summed E-state index contributed by atoms with van der Waals surface area (Å²) in [6.07, 6.45) is 0. The SMILES string of the molecule is Cc1ccc(-c2cc3c(s2)-c2ccc4c5ccc6c7c(ccc(c75)c5c7ccccc7c-3c2c45)-c2ccccc2-6)cc1. The van der Waals surface area contributed by atoms with Crippen molar-refractivity contribution in [1.29, 1.82) is 0 Å². The standard InChI is InChI=1S/C41H22S/c1-21-10-12-22(13-11-21)34-20-33-38-26-9-5-4-8-25(26)37-31-18-16-28-24-7-3-2-6-23(24)27-14-15-29(36(31)35(27)28)30-17-19-32(41(33)42-34)40(38)39(30)37/h2-20H,1H3. The van der Waals surface area contributed by atoms with Crippen LogP contribution in [0.1, 0.15) is 5.56 Å². The molecule has 2 aliphatic rings. The molecule has 0 fully saturated rings. The molecule has 0 radical (unpaired) electrons. The van der Waals surface area contributed by atoms with Crippen LogP contribution in [0.5, 0.6) is 0 Å². The van der Waals surface area contributed by atoms with E-state index in [0.717, 1.165) is 0 Å². The van der Waals surface area contributed by atoms with Gasteiger partial charge >= 0.3 is 0 Å². The Hall–Kier alpha value is -4.98. The number of rotatable bonds is 1. The first-order valence-electron chi connectivity index (χ1n) is 14.7. The van der Waals surface area contributed by atoms with Crippen LogP contribution in [0.3, 0.4) is 0 Å². The third-order valence-electron chi connectivity index (χ3n) is 9.98. The molecule has 0 nitrogen and oxygen atoms in total. The minimum absolute atomic E-state index is 1.30. The van der Waals surface area contributed by atoms with Gasteiger partial charge in [0.1, 0.15) is 0 Å². The fourth-order valence-electron chi connectivity index (χ4n) is 8.25. The number of hydrogen-bond acceptors (Lipinski definition) is 1. The Kier molecular flexibility index (Phi) is 3.75. The molecule has 42 heavy (non-hydrogen) atoms.